The van der Waals surface area contributed by atoms with Crippen LogP contribution in [0.3, 0.4) is 0 Å². The zero-order valence-electron chi connectivity index (χ0n) is 13.1. The third-order valence-electron chi connectivity index (χ3n) is 5.20. The average Bonchev–Trinajstić information content (AvgIpc) is 3.17. The second-order valence-electron chi connectivity index (χ2n) is 7.02. The molecule has 2 atom stereocenters. The standard InChI is InChI=1S/C16H22N2O4S/c19-23(20,15-2-1-5-17-6-15)18-7-14-9-22-12-16(14,10-18)11-21-8-13-3-4-13/h1-2,5-6,13-14H,3-4,7-12H2/t14-,16-/m1/s1. The molecule has 7 heteroatoms. The molecule has 3 aliphatic rings. The number of ether oxygens (including phenoxy) is 2. The molecule has 1 aromatic rings. The van der Waals surface area contributed by atoms with Crippen LogP contribution in [0.1, 0.15) is 12.8 Å². The summed E-state index contributed by atoms with van der Waals surface area (Å²) in [5, 5.41) is 0. The second-order valence-corrected chi connectivity index (χ2v) is 8.96. The Morgan fingerprint density at radius 1 is 1.43 bits per heavy atom. The molecule has 2 aliphatic heterocycles. The SMILES string of the molecule is O=S(=O)(c1cccnc1)N1C[C@@H]2COC[C@]2(COCC2CC2)C1. The Kier molecular flexibility index (Phi) is 3.91. The number of nitrogens with zero attached hydrogens (tertiary/aromatic N) is 2. The first-order valence-electron chi connectivity index (χ1n) is 8.16. The van der Waals surface area contributed by atoms with E-state index in [0.717, 1.165) is 6.61 Å². The number of hydrogen-bond acceptors (Lipinski definition) is 5. The highest BCUT2D eigenvalue weighted by molar-refractivity contribution is 7.89. The fraction of sp³-hybridized carbons (Fsp3) is 0.688. The molecule has 2 saturated heterocycles. The Labute approximate surface area is 136 Å². The summed E-state index contributed by atoms with van der Waals surface area (Å²) in [6.07, 6.45) is 5.51. The largest absolute Gasteiger partial charge is 0.380 e. The van der Waals surface area contributed by atoms with Gasteiger partial charge >= 0.3 is 0 Å². The van der Waals surface area contributed by atoms with Crippen LogP contribution >= 0.6 is 0 Å². The Morgan fingerprint density at radius 3 is 3.04 bits per heavy atom. The number of aromatic nitrogens is 1. The van der Waals surface area contributed by atoms with Crippen LogP contribution in [-0.4, -0.2) is 57.2 Å². The van der Waals surface area contributed by atoms with Crippen molar-refractivity contribution in [1.82, 2.24) is 9.29 Å². The van der Waals surface area contributed by atoms with E-state index in [2.05, 4.69) is 4.98 Å². The molecular weight excluding hydrogens is 316 g/mol. The van der Waals surface area contributed by atoms with Crippen LogP contribution in [0, 0.1) is 17.3 Å². The van der Waals surface area contributed by atoms with Crippen LogP contribution in [0.2, 0.25) is 0 Å². The van der Waals surface area contributed by atoms with Crippen LogP contribution in [0.15, 0.2) is 29.4 Å². The van der Waals surface area contributed by atoms with E-state index >= 15 is 0 Å². The summed E-state index contributed by atoms with van der Waals surface area (Å²) in [5.41, 5.74) is -0.190. The van der Waals surface area contributed by atoms with E-state index in [4.69, 9.17) is 9.47 Å². The van der Waals surface area contributed by atoms with Gasteiger partial charge in [-0.1, -0.05) is 0 Å². The first-order chi connectivity index (χ1) is 11.1. The second kappa shape index (κ2) is 5.81. The first-order valence-corrected chi connectivity index (χ1v) is 9.60. The van der Waals surface area contributed by atoms with Gasteiger partial charge in [0, 0.05) is 43.4 Å². The molecule has 3 fully saturated rings. The van der Waals surface area contributed by atoms with Crippen LogP contribution in [0.25, 0.3) is 0 Å². The van der Waals surface area contributed by atoms with Crippen molar-refractivity contribution in [3.8, 4) is 0 Å². The Hall–Kier alpha value is -1.02. The van der Waals surface area contributed by atoms with E-state index in [9.17, 15) is 8.42 Å². The van der Waals surface area contributed by atoms with Gasteiger partial charge in [-0.05, 0) is 30.9 Å². The Balaban J connectivity index is 1.49. The zero-order chi connectivity index (χ0) is 15.9. The van der Waals surface area contributed by atoms with Gasteiger partial charge in [0.05, 0.1) is 19.8 Å². The van der Waals surface area contributed by atoms with Gasteiger partial charge in [-0.25, -0.2) is 8.42 Å². The fourth-order valence-electron chi connectivity index (χ4n) is 3.53. The highest BCUT2D eigenvalue weighted by atomic mass is 32.2. The molecule has 6 nitrogen and oxygen atoms in total. The van der Waals surface area contributed by atoms with E-state index in [0.29, 0.717) is 38.8 Å². The van der Waals surface area contributed by atoms with E-state index in [1.54, 1.807) is 22.6 Å². The molecule has 0 N–H and O–H groups in total. The molecule has 1 aromatic heterocycles. The maximum atomic E-state index is 12.8. The van der Waals surface area contributed by atoms with Crippen LogP contribution in [-0.2, 0) is 19.5 Å². The predicted molar refractivity (Wildman–Crippen MR) is 83.3 cm³/mol. The first kappa shape index (κ1) is 15.5. The van der Waals surface area contributed by atoms with Crippen molar-refractivity contribution >= 4 is 10.0 Å². The lowest BCUT2D eigenvalue weighted by Crippen LogP contribution is -2.37. The molecule has 23 heavy (non-hydrogen) atoms. The lowest BCUT2D eigenvalue weighted by molar-refractivity contribution is 0.0265. The van der Waals surface area contributed by atoms with E-state index in [-0.39, 0.29) is 16.2 Å². The van der Waals surface area contributed by atoms with Crippen molar-refractivity contribution in [1.29, 1.82) is 0 Å². The fourth-order valence-corrected chi connectivity index (χ4v) is 5.08. The molecular formula is C16H22N2O4S. The smallest absolute Gasteiger partial charge is 0.244 e. The van der Waals surface area contributed by atoms with Gasteiger partial charge < -0.3 is 9.47 Å². The summed E-state index contributed by atoms with van der Waals surface area (Å²) in [7, 11) is -3.49. The number of rotatable bonds is 6. The molecule has 1 saturated carbocycles. The number of pyridine rings is 1. The van der Waals surface area contributed by atoms with E-state index < -0.39 is 10.0 Å². The minimum absolute atomic E-state index is 0.190. The molecule has 0 radical (unpaired) electrons. The summed E-state index contributed by atoms with van der Waals surface area (Å²) in [6, 6.07) is 3.25. The van der Waals surface area contributed by atoms with Gasteiger partial charge in [0.1, 0.15) is 4.90 Å². The summed E-state index contributed by atoms with van der Waals surface area (Å²) < 4.78 is 38.7. The summed E-state index contributed by atoms with van der Waals surface area (Å²) in [6.45, 7) is 3.56. The average molecular weight is 338 g/mol. The Morgan fingerprint density at radius 2 is 2.30 bits per heavy atom. The normalized spacial score (nSPS) is 31.4. The van der Waals surface area contributed by atoms with Crippen molar-refractivity contribution in [2.24, 2.45) is 17.3 Å². The summed E-state index contributed by atoms with van der Waals surface area (Å²) in [4.78, 5) is 4.19. The van der Waals surface area contributed by atoms with Crippen LogP contribution in [0.4, 0.5) is 0 Å². The zero-order valence-corrected chi connectivity index (χ0v) is 13.9. The quantitative estimate of drug-likeness (QED) is 0.778. The minimum Gasteiger partial charge on any atom is -0.380 e. The van der Waals surface area contributed by atoms with Crippen LogP contribution in [0.5, 0.6) is 0 Å². The van der Waals surface area contributed by atoms with Crippen molar-refractivity contribution in [3.63, 3.8) is 0 Å². The Bertz CT molecular complexity index is 662. The van der Waals surface area contributed by atoms with E-state index in [1.807, 2.05) is 0 Å². The topological polar surface area (TPSA) is 68.7 Å². The number of hydrogen-bond donors (Lipinski definition) is 0. The maximum absolute atomic E-state index is 12.8. The van der Waals surface area contributed by atoms with Gasteiger partial charge in [0.15, 0.2) is 0 Å². The van der Waals surface area contributed by atoms with Crippen molar-refractivity contribution in [2.75, 3.05) is 39.5 Å². The van der Waals surface area contributed by atoms with Gasteiger partial charge in [-0.15, -0.1) is 0 Å². The highest BCUT2D eigenvalue weighted by Gasteiger charge is 2.53. The number of sulfonamides is 1. The molecule has 0 unspecified atom stereocenters. The summed E-state index contributed by atoms with van der Waals surface area (Å²) in [5.74, 6) is 0.928. The van der Waals surface area contributed by atoms with Gasteiger partial charge in [-0.2, -0.15) is 4.31 Å². The molecule has 4 rings (SSSR count). The molecule has 0 aromatic carbocycles. The van der Waals surface area contributed by atoms with Crippen LogP contribution < -0.4 is 0 Å². The van der Waals surface area contributed by atoms with Crippen molar-refractivity contribution in [2.45, 2.75) is 17.7 Å². The summed E-state index contributed by atoms with van der Waals surface area (Å²) >= 11 is 0. The minimum atomic E-state index is -3.49. The molecule has 3 heterocycles. The maximum Gasteiger partial charge on any atom is 0.244 e. The third-order valence-corrected chi connectivity index (χ3v) is 7.00. The van der Waals surface area contributed by atoms with Gasteiger partial charge in [-0.3, -0.25) is 4.98 Å². The molecule has 0 spiro atoms. The predicted octanol–water partition coefficient (Wildman–Crippen LogP) is 1.15. The molecule has 1 aliphatic carbocycles. The molecule has 0 amide bonds. The lowest BCUT2D eigenvalue weighted by atomic mass is 9.82. The highest BCUT2D eigenvalue weighted by Crippen LogP contribution is 2.43. The number of fused-ring (bicyclic) bond motifs is 1. The third kappa shape index (κ3) is 2.91. The van der Waals surface area contributed by atoms with Crippen molar-refractivity contribution < 1.29 is 17.9 Å². The molecule has 126 valence electrons. The van der Waals surface area contributed by atoms with Crippen molar-refractivity contribution in [3.05, 3.63) is 24.5 Å². The van der Waals surface area contributed by atoms with Gasteiger partial charge in [0.25, 0.3) is 0 Å². The van der Waals surface area contributed by atoms with E-state index in [1.165, 1.54) is 19.0 Å². The van der Waals surface area contributed by atoms with Gasteiger partial charge in [0.2, 0.25) is 10.0 Å². The lowest BCUT2D eigenvalue weighted by Gasteiger charge is -2.26. The monoisotopic (exact) mass is 338 g/mol. The molecule has 0 bridgehead atoms.